The first-order valence-electron chi connectivity index (χ1n) is 6.96. The summed E-state index contributed by atoms with van der Waals surface area (Å²) in [6.45, 7) is 10.8. The van der Waals surface area contributed by atoms with Crippen LogP contribution < -0.4 is 0 Å². The third kappa shape index (κ3) is 8.10. The van der Waals surface area contributed by atoms with Gasteiger partial charge in [-0.15, -0.1) is 0 Å². The molecule has 0 heterocycles. The summed E-state index contributed by atoms with van der Waals surface area (Å²) >= 11 is 0. The third-order valence-corrected chi connectivity index (χ3v) is 3.07. The summed E-state index contributed by atoms with van der Waals surface area (Å²) in [6.07, 6.45) is 8.06. The van der Waals surface area contributed by atoms with Gasteiger partial charge in [0.15, 0.2) is 0 Å². The monoisotopic (exact) mass is 252 g/mol. The van der Waals surface area contributed by atoms with Gasteiger partial charge >= 0.3 is 5.97 Å². The predicted molar refractivity (Wildman–Crippen MR) is 77.5 cm³/mol. The van der Waals surface area contributed by atoms with Crippen LogP contribution in [0.25, 0.3) is 0 Å². The Morgan fingerprint density at radius 2 is 1.72 bits per heavy atom. The number of carbonyl (C=O) groups excluding carboxylic acids is 1. The molecule has 0 fully saturated rings. The molecule has 0 unspecified atom stereocenters. The average Bonchev–Trinajstić information content (AvgIpc) is 2.30. The second-order valence-electron chi connectivity index (χ2n) is 5.01. The number of hydrogen-bond donors (Lipinski definition) is 0. The van der Waals surface area contributed by atoms with Crippen LogP contribution in [0, 0.1) is 5.92 Å². The molecule has 0 atom stereocenters. The highest BCUT2D eigenvalue weighted by Crippen LogP contribution is 2.10. The van der Waals surface area contributed by atoms with Crippen molar-refractivity contribution in [2.24, 2.45) is 5.92 Å². The van der Waals surface area contributed by atoms with Gasteiger partial charge in [0.1, 0.15) is 6.61 Å². The van der Waals surface area contributed by atoms with E-state index in [4.69, 9.17) is 4.74 Å². The van der Waals surface area contributed by atoms with Crippen LogP contribution in [0.5, 0.6) is 0 Å². The number of allylic oxidation sites excluding steroid dienone is 3. The summed E-state index contributed by atoms with van der Waals surface area (Å²) in [5, 5.41) is 0. The van der Waals surface area contributed by atoms with Crippen LogP contribution in [0.3, 0.4) is 0 Å². The molecule has 2 heteroatoms. The Hall–Kier alpha value is -1.05. The Kier molecular flexibility index (Phi) is 9.35. The quantitative estimate of drug-likeness (QED) is 0.464. The lowest BCUT2D eigenvalue weighted by Crippen LogP contribution is -2.16. The van der Waals surface area contributed by atoms with E-state index in [1.165, 1.54) is 11.1 Å². The van der Waals surface area contributed by atoms with Gasteiger partial charge in [0.05, 0.1) is 5.92 Å². The Morgan fingerprint density at radius 1 is 1.11 bits per heavy atom. The van der Waals surface area contributed by atoms with Crippen molar-refractivity contribution in [3.8, 4) is 0 Å². The summed E-state index contributed by atoms with van der Waals surface area (Å²) in [5.41, 5.74) is 2.63. The second kappa shape index (κ2) is 9.93. The Morgan fingerprint density at radius 3 is 2.22 bits per heavy atom. The second-order valence-corrected chi connectivity index (χ2v) is 5.01. The molecule has 0 aromatic rings. The Labute approximate surface area is 112 Å². The lowest BCUT2D eigenvalue weighted by molar-refractivity contribution is -0.147. The fourth-order valence-electron chi connectivity index (χ4n) is 1.70. The van der Waals surface area contributed by atoms with E-state index < -0.39 is 0 Å². The van der Waals surface area contributed by atoms with Crippen molar-refractivity contribution in [1.82, 2.24) is 0 Å². The minimum atomic E-state index is -0.0617. The molecule has 0 saturated heterocycles. The molecule has 0 N–H and O–H groups in total. The van der Waals surface area contributed by atoms with Crippen molar-refractivity contribution in [2.75, 3.05) is 6.61 Å². The van der Waals surface area contributed by atoms with Crippen molar-refractivity contribution in [1.29, 1.82) is 0 Å². The maximum atomic E-state index is 11.6. The van der Waals surface area contributed by atoms with E-state index in [1.54, 1.807) is 0 Å². The fraction of sp³-hybridized carbons (Fsp3) is 0.688. The van der Waals surface area contributed by atoms with Crippen LogP contribution >= 0.6 is 0 Å². The highest BCUT2D eigenvalue weighted by atomic mass is 16.5. The third-order valence-electron chi connectivity index (χ3n) is 3.07. The van der Waals surface area contributed by atoms with E-state index in [9.17, 15) is 4.79 Å². The zero-order valence-electron chi connectivity index (χ0n) is 12.6. The van der Waals surface area contributed by atoms with Crippen molar-refractivity contribution >= 4 is 5.97 Å². The molecule has 0 amide bonds. The van der Waals surface area contributed by atoms with Crippen LogP contribution in [-0.4, -0.2) is 12.6 Å². The van der Waals surface area contributed by atoms with Gasteiger partial charge in [-0.05, 0) is 52.5 Å². The van der Waals surface area contributed by atoms with Gasteiger partial charge in [-0.25, -0.2) is 0 Å². The molecule has 0 aliphatic heterocycles. The molecule has 0 saturated carbocycles. The minimum Gasteiger partial charge on any atom is -0.461 e. The molecule has 104 valence electrons. The number of carbonyl (C=O) groups is 1. The topological polar surface area (TPSA) is 26.3 Å². The van der Waals surface area contributed by atoms with Crippen molar-refractivity contribution in [2.45, 2.75) is 60.3 Å². The lowest BCUT2D eigenvalue weighted by Gasteiger charge is -2.10. The zero-order valence-corrected chi connectivity index (χ0v) is 12.6. The van der Waals surface area contributed by atoms with E-state index in [1.807, 2.05) is 19.9 Å². The van der Waals surface area contributed by atoms with E-state index >= 15 is 0 Å². The molecule has 0 aliphatic carbocycles. The van der Waals surface area contributed by atoms with E-state index in [0.29, 0.717) is 6.61 Å². The first-order valence-corrected chi connectivity index (χ1v) is 6.96. The van der Waals surface area contributed by atoms with Gasteiger partial charge < -0.3 is 4.74 Å². The van der Waals surface area contributed by atoms with Crippen LogP contribution in [-0.2, 0) is 9.53 Å². The largest absolute Gasteiger partial charge is 0.461 e. The lowest BCUT2D eigenvalue weighted by atomic mass is 10.0. The van der Waals surface area contributed by atoms with E-state index in [-0.39, 0.29) is 11.9 Å². The fourth-order valence-corrected chi connectivity index (χ4v) is 1.70. The Bertz CT molecular complexity index is 292. The van der Waals surface area contributed by atoms with Gasteiger partial charge in [0.25, 0.3) is 0 Å². The van der Waals surface area contributed by atoms with Crippen LogP contribution in [0.2, 0.25) is 0 Å². The molecule has 0 radical (unpaired) electrons. The van der Waals surface area contributed by atoms with Gasteiger partial charge in [-0.1, -0.05) is 31.1 Å². The summed E-state index contributed by atoms with van der Waals surface area (Å²) in [4.78, 5) is 11.6. The van der Waals surface area contributed by atoms with Gasteiger partial charge in [0, 0.05) is 0 Å². The van der Waals surface area contributed by atoms with Gasteiger partial charge in [-0.2, -0.15) is 0 Å². The van der Waals surface area contributed by atoms with E-state index in [2.05, 4.69) is 26.8 Å². The van der Waals surface area contributed by atoms with Gasteiger partial charge in [-0.3, -0.25) is 4.79 Å². The molecule has 0 aliphatic rings. The molecular formula is C16H28O2. The van der Waals surface area contributed by atoms with Crippen molar-refractivity contribution in [3.05, 3.63) is 23.3 Å². The number of esters is 1. The van der Waals surface area contributed by atoms with Crippen molar-refractivity contribution < 1.29 is 9.53 Å². The molecule has 0 rings (SSSR count). The highest BCUT2D eigenvalue weighted by Gasteiger charge is 2.14. The summed E-state index contributed by atoms with van der Waals surface area (Å²) in [6, 6.07) is 0. The molecule has 0 bridgehead atoms. The van der Waals surface area contributed by atoms with Crippen LogP contribution in [0.15, 0.2) is 23.3 Å². The zero-order chi connectivity index (χ0) is 14.0. The van der Waals surface area contributed by atoms with E-state index in [0.717, 1.165) is 25.7 Å². The average molecular weight is 252 g/mol. The number of hydrogen-bond acceptors (Lipinski definition) is 2. The maximum Gasteiger partial charge on any atom is 0.309 e. The number of rotatable bonds is 8. The van der Waals surface area contributed by atoms with Crippen LogP contribution in [0.4, 0.5) is 0 Å². The standard InChI is InChI=1S/C16H28O2/c1-6-15(7-2)16(17)18-12-11-14(5)10-8-9-13(3)4/h9,11,15H,6-8,10,12H2,1-5H3/b14-11+. The summed E-state index contributed by atoms with van der Waals surface area (Å²) < 4.78 is 5.25. The molecular weight excluding hydrogens is 224 g/mol. The number of ether oxygens (including phenoxy) is 1. The highest BCUT2D eigenvalue weighted by molar-refractivity contribution is 5.72. The molecule has 0 aromatic carbocycles. The molecule has 0 spiro atoms. The summed E-state index contributed by atoms with van der Waals surface area (Å²) in [5.74, 6) is -0.00210. The van der Waals surface area contributed by atoms with Crippen molar-refractivity contribution in [3.63, 3.8) is 0 Å². The minimum absolute atomic E-state index is 0.0596. The maximum absolute atomic E-state index is 11.6. The first kappa shape index (κ1) is 16.9. The Balaban J connectivity index is 3.93. The summed E-state index contributed by atoms with van der Waals surface area (Å²) in [7, 11) is 0. The normalized spacial score (nSPS) is 11.6. The smallest absolute Gasteiger partial charge is 0.309 e. The SMILES string of the molecule is CCC(CC)C(=O)OC/C=C(\C)CCC=C(C)C. The molecule has 18 heavy (non-hydrogen) atoms. The predicted octanol–water partition coefficient (Wildman–Crippen LogP) is 4.66. The molecule has 0 aromatic heterocycles. The van der Waals surface area contributed by atoms with Gasteiger partial charge in [0.2, 0.25) is 0 Å². The first-order chi connectivity index (χ1) is 8.51. The van der Waals surface area contributed by atoms with Crippen LogP contribution in [0.1, 0.15) is 60.3 Å². The molecule has 2 nitrogen and oxygen atoms in total.